The van der Waals surface area contributed by atoms with Crippen LogP contribution >= 0.6 is 24.0 Å². The molecule has 2 aromatic carbocycles. The largest absolute Gasteiger partial charge is 0.497 e. The van der Waals surface area contributed by atoms with Gasteiger partial charge in [-0.05, 0) is 31.9 Å². The standard InChI is InChI=1S/C24H33FN4O3.HI/c1-4-26-24(27-10-13-32-21-7-5-6-18(25)14-21)28-19-8-11-29(12-9-19)20-15-22(30-2)17-23(16-20)31-3;/h5-7,14-17,19H,4,8-13H2,1-3H3,(H2,26,27,28);1H. The van der Waals surface area contributed by atoms with E-state index in [1.54, 1.807) is 26.4 Å². The third-order valence-corrected chi connectivity index (χ3v) is 5.31. The first-order chi connectivity index (χ1) is 15.6. The van der Waals surface area contributed by atoms with E-state index in [1.807, 2.05) is 25.1 Å². The van der Waals surface area contributed by atoms with Gasteiger partial charge < -0.3 is 29.7 Å². The lowest BCUT2D eigenvalue weighted by molar-refractivity contribution is 0.326. The van der Waals surface area contributed by atoms with Gasteiger partial charge >= 0.3 is 0 Å². The molecule has 2 aromatic rings. The Labute approximate surface area is 212 Å². The van der Waals surface area contributed by atoms with Crippen LogP contribution in [0.1, 0.15) is 19.8 Å². The van der Waals surface area contributed by atoms with E-state index in [0.717, 1.165) is 55.6 Å². The molecular formula is C24H34FIN4O3. The number of aliphatic imine (C=N–C) groups is 1. The molecule has 0 aromatic heterocycles. The zero-order chi connectivity index (χ0) is 22.8. The number of piperidine rings is 1. The molecule has 0 spiro atoms. The minimum atomic E-state index is -0.306. The number of methoxy groups -OCH3 is 2. The van der Waals surface area contributed by atoms with Crippen LogP contribution in [0.25, 0.3) is 0 Å². The van der Waals surface area contributed by atoms with Crippen LogP contribution in [0.4, 0.5) is 10.1 Å². The molecule has 2 N–H and O–H groups in total. The highest BCUT2D eigenvalue weighted by Gasteiger charge is 2.21. The average Bonchev–Trinajstić information content (AvgIpc) is 2.82. The molecule has 3 rings (SSSR count). The van der Waals surface area contributed by atoms with Gasteiger partial charge in [-0.1, -0.05) is 6.07 Å². The maximum atomic E-state index is 13.2. The van der Waals surface area contributed by atoms with Crippen LogP contribution in [0.3, 0.4) is 0 Å². The van der Waals surface area contributed by atoms with Gasteiger partial charge in [0.25, 0.3) is 0 Å². The number of hydrogen-bond donors (Lipinski definition) is 2. The minimum absolute atomic E-state index is 0. The van der Waals surface area contributed by atoms with Crippen LogP contribution in [-0.4, -0.2) is 59.0 Å². The number of guanidine groups is 1. The molecule has 0 amide bonds. The van der Waals surface area contributed by atoms with E-state index >= 15 is 0 Å². The molecule has 0 atom stereocenters. The Morgan fingerprint density at radius 2 is 1.76 bits per heavy atom. The van der Waals surface area contributed by atoms with Crippen molar-refractivity contribution in [3.05, 3.63) is 48.3 Å². The Morgan fingerprint density at radius 1 is 1.06 bits per heavy atom. The minimum Gasteiger partial charge on any atom is -0.497 e. The van der Waals surface area contributed by atoms with E-state index < -0.39 is 0 Å². The molecule has 1 heterocycles. The summed E-state index contributed by atoms with van der Waals surface area (Å²) in [4.78, 5) is 6.94. The number of nitrogens with one attached hydrogen (secondary N) is 2. The molecule has 33 heavy (non-hydrogen) atoms. The average molecular weight is 572 g/mol. The zero-order valence-corrected chi connectivity index (χ0v) is 21.8. The van der Waals surface area contributed by atoms with E-state index in [0.29, 0.717) is 24.9 Å². The summed E-state index contributed by atoms with van der Waals surface area (Å²) in [5.41, 5.74) is 1.11. The van der Waals surface area contributed by atoms with Gasteiger partial charge in [0.2, 0.25) is 0 Å². The Kier molecular flexibility index (Phi) is 11.4. The van der Waals surface area contributed by atoms with Gasteiger partial charge in [0.15, 0.2) is 5.96 Å². The van der Waals surface area contributed by atoms with Gasteiger partial charge in [-0.3, -0.25) is 0 Å². The fourth-order valence-electron chi connectivity index (χ4n) is 3.65. The predicted octanol–water partition coefficient (Wildman–Crippen LogP) is 4.06. The van der Waals surface area contributed by atoms with Gasteiger partial charge in [0.05, 0.1) is 20.8 Å². The summed E-state index contributed by atoms with van der Waals surface area (Å²) < 4.78 is 29.6. The van der Waals surface area contributed by atoms with Crippen LogP contribution in [0.5, 0.6) is 17.2 Å². The lowest BCUT2D eigenvalue weighted by Crippen LogP contribution is -2.48. The first-order valence-corrected chi connectivity index (χ1v) is 11.0. The number of halogens is 2. The highest BCUT2D eigenvalue weighted by molar-refractivity contribution is 14.0. The molecule has 9 heteroatoms. The van der Waals surface area contributed by atoms with E-state index in [-0.39, 0.29) is 29.8 Å². The molecule has 1 aliphatic rings. The lowest BCUT2D eigenvalue weighted by atomic mass is 10.0. The first-order valence-electron chi connectivity index (χ1n) is 11.0. The summed E-state index contributed by atoms with van der Waals surface area (Å²) in [5, 5.41) is 6.82. The second-order valence-electron chi connectivity index (χ2n) is 7.54. The summed E-state index contributed by atoms with van der Waals surface area (Å²) >= 11 is 0. The number of benzene rings is 2. The second-order valence-corrected chi connectivity index (χ2v) is 7.54. The SMILES string of the molecule is CCNC(=NCCOc1cccc(F)c1)NC1CCN(c2cc(OC)cc(OC)c2)CC1.I. The van der Waals surface area contributed by atoms with Crippen molar-refractivity contribution in [1.82, 2.24) is 10.6 Å². The second kappa shape index (κ2) is 14.0. The Morgan fingerprint density at radius 3 is 2.36 bits per heavy atom. The molecular weight excluding hydrogens is 538 g/mol. The molecule has 0 unspecified atom stereocenters. The number of ether oxygens (including phenoxy) is 3. The number of hydrogen-bond acceptors (Lipinski definition) is 5. The van der Waals surface area contributed by atoms with Crippen molar-refractivity contribution < 1.29 is 18.6 Å². The molecule has 0 saturated carbocycles. The Bertz CT molecular complexity index is 870. The van der Waals surface area contributed by atoms with Gasteiger partial charge in [0, 0.05) is 55.6 Å². The number of anilines is 1. The van der Waals surface area contributed by atoms with Gasteiger partial charge in [0.1, 0.15) is 29.7 Å². The molecule has 0 radical (unpaired) electrons. The monoisotopic (exact) mass is 572 g/mol. The van der Waals surface area contributed by atoms with E-state index in [4.69, 9.17) is 14.2 Å². The van der Waals surface area contributed by atoms with Crippen molar-refractivity contribution in [2.75, 3.05) is 51.9 Å². The van der Waals surface area contributed by atoms with Crippen LogP contribution in [0.2, 0.25) is 0 Å². The maximum absolute atomic E-state index is 13.2. The van der Waals surface area contributed by atoms with Crippen LogP contribution in [0, 0.1) is 5.82 Å². The van der Waals surface area contributed by atoms with Gasteiger partial charge in [-0.25, -0.2) is 9.38 Å². The first kappa shape index (κ1) is 26.8. The van der Waals surface area contributed by atoms with Crippen molar-refractivity contribution in [2.45, 2.75) is 25.8 Å². The highest BCUT2D eigenvalue weighted by atomic mass is 127. The van der Waals surface area contributed by atoms with Crippen molar-refractivity contribution in [2.24, 2.45) is 4.99 Å². The third kappa shape index (κ3) is 8.45. The summed E-state index contributed by atoms with van der Waals surface area (Å²) in [6.07, 6.45) is 1.98. The van der Waals surface area contributed by atoms with Crippen molar-refractivity contribution in [3.8, 4) is 17.2 Å². The van der Waals surface area contributed by atoms with E-state index in [2.05, 4.69) is 20.5 Å². The number of rotatable bonds is 9. The van der Waals surface area contributed by atoms with Crippen LogP contribution in [-0.2, 0) is 0 Å². The number of nitrogens with zero attached hydrogens (tertiary/aromatic N) is 2. The highest BCUT2D eigenvalue weighted by Crippen LogP contribution is 2.30. The molecule has 1 aliphatic heterocycles. The van der Waals surface area contributed by atoms with E-state index in [1.165, 1.54) is 12.1 Å². The van der Waals surface area contributed by atoms with Crippen molar-refractivity contribution in [3.63, 3.8) is 0 Å². The van der Waals surface area contributed by atoms with E-state index in [9.17, 15) is 4.39 Å². The molecule has 182 valence electrons. The normalized spacial score (nSPS) is 14.3. The van der Waals surface area contributed by atoms with Crippen LogP contribution in [0.15, 0.2) is 47.5 Å². The Hall–Kier alpha value is -2.43. The summed E-state index contributed by atoms with van der Waals surface area (Å²) in [7, 11) is 3.33. The van der Waals surface area contributed by atoms with Crippen molar-refractivity contribution in [1.29, 1.82) is 0 Å². The predicted molar refractivity (Wildman–Crippen MR) is 141 cm³/mol. The lowest BCUT2D eigenvalue weighted by Gasteiger charge is -2.34. The summed E-state index contributed by atoms with van der Waals surface area (Å²) in [6, 6.07) is 12.4. The van der Waals surface area contributed by atoms with Gasteiger partial charge in [-0.15, -0.1) is 24.0 Å². The molecule has 0 aliphatic carbocycles. The Balaban J connectivity index is 0.00000385. The summed E-state index contributed by atoms with van der Waals surface area (Å²) in [5.74, 6) is 2.57. The topological polar surface area (TPSA) is 67.4 Å². The molecule has 0 bridgehead atoms. The summed E-state index contributed by atoms with van der Waals surface area (Å²) in [6.45, 7) is 5.54. The molecule has 1 saturated heterocycles. The maximum Gasteiger partial charge on any atom is 0.191 e. The molecule has 7 nitrogen and oxygen atoms in total. The quantitative estimate of drug-likeness (QED) is 0.205. The third-order valence-electron chi connectivity index (χ3n) is 5.31. The zero-order valence-electron chi connectivity index (χ0n) is 19.5. The fourth-order valence-corrected chi connectivity index (χ4v) is 3.65. The van der Waals surface area contributed by atoms with Crippen LogP contribution < -0.4 is 29.7 Å². The van der Waals surface area contributed by atoms with Gasteiger partial charge in [-0.2, -0.15) is 0 Å². The smallest absolute Gasteiger partial charge is 0.191 e. The molecule has 1 fully saturated rings. The van der Waals surface area contributed by atoms with Crippen molar-refractivity contribution >= 4 is 35.6 Å². The fraction of sp³-hybridized carbons (Fsp3) is 0.458.